The molecule has 0 saturated carbocycles. The Labute approximate surface area is 243 Å². The van der Waals surface area contributed by atoms with Crippen molar-refractivity contribution in [2.75, 3.05) is 44.5 Å². The summed E-state index contributed by atoms with van der Waals surface area (Å²) in [5.41, 5.74) is 0.948. The molecule has 3 N–H and O–H groups in total. The Balaban J connectivity index is 1.66. The standard InChI is InChI=1S/C28H34N4O7S2/c1-18-15-32(19(2)17-33)27(34)22-7-5-8-23(30-28(35)29-20-10-12-21(38-4)13-11-20)26(22)39-24(18)16-31(3)41(36,37)25-9-6-14-40-25/h5-14,18-19,24,33H,15-17H2,1-4H3,(H2,29,30,35)/t18-,19+,24-/m0/s1. The van der Waals surface area contributed by atoms with E-state index in [0.717, 1.165) is 11.3 Å². The number of thiophene rings is 1. The van der Waals surface area contributed by atoms with Crippen LogP contribution in [0.4, 0.5) is 16.2 Å². The number of nitrogens with zero attached hydrogens (tertiary/aromatic N) is 2. The monoisotopic (exact) mass is 602 g/mol. The Morgan fingerprint density at radius 1 is 1.20 bits per heavy atom. The molecular weight excluding hydrogens is 568 g/mol. The fraction of sp³-hybridized carbons (Fsp3) is 0.357. The fourth-order valence-electron chi connectivity index (χ4n) is 4.43. The van der Waals surface area contributed by atoms with Crippen molar-refractivity contribution < 1.29 is 32.6 Å². The Morgan fingerprint density at radius 3 is 2.56 bits per heavy atom. The number of aliphatic hydroxyl groups excluding tert-OH is 1. The van der Waals surface area contributed by atoms with Gasteiger partial charge in [-0.1, -0.05) is 19.1 Å². The minimum Gasteiger partial charge on any atom is -0.497 e. The number of benzene rings is 2. The van der Waals surface area contributed by atoms with Crippen LogP contribution in [0.25, 0.3) is 0 Å². The molecule has 1 aliphatic rings. The van der Waals surface area contributed by atoms with E-state index in [4.69, 9.17) is 9.47 Å². The summed E-state index contributed by atoms with van der Waals surface area (Å²) in [5, 5.41) is 17.1. The molecule has 1 aliphatic heterocycles. The first-order valence-electron chi connectivity index (χ1n) is 13.0. The number of urea groups is 1. The van der Waals surface area contributed by atoms with E-state index in [0.29, 0.717) is 11.4 Å². The predicted molar refractivity (Wildman–Crippen MR) is 157 cm³/mol. The second kappa shape index (κ2) is 12.9. The molecule has 4 rings (SSSR count). The third kappa shape index (κ3) is 6.81. The van der Waals surface area contributed by atoms with Gasteiger partial charge in [0, 0.05) is 25.2 Å². The maximum atomic E-state index is 13.7. The molecule has 1 aromatic heterocycles. The number of likely N-dealkylation sites (N-methyl/N-ethyl adjacent to an activating group) is 1. The van der Waals surface area contributed by atoms with E-state index in [1.165, 1.54) is 11.4 Å². The van der Waals surface area contributed by atoms with Gasteiger partial charge in [0.2, 0.25) is 0 Å². The van der Waals surface area contributed by atoms with Crippen molar-refractivity contribution in [1.29, 1.82) is 0 Å². The summed E-state index contributed by atoms with van der Waals surface area (Å²) in [7, 11) is -0.738. The maximum absolute atomic E-state index is 13.7. The third-order valence-corrected chi connectivity index (χ3v) is 10.1. The van der Waals surface area contributed by atoms with Gasteiger partial charge < -0.3 is 30.1 Å². The number of carbonyl (C=O) groups excluding carboxylic acids is 2. The van der Waals surface area contributed by atoms with Gasteiger partial charge in [0.15, 0.2) is 5.75 Å². The summed E-state index contributed by atoms with van der Waals surface area (Å²) in [6.07, 6.45) is -0.692. The number of para-hydroxylation sites is 1. The Kier molecular flexibility index (Phi) is 9.53. The first-order valence-corrected chi connectivity index (χ1v) is 15.3. The molecule has 2 aromatic carbocycles. The number of methoxy groups -OCH3 is 1. The number of nitrogens with one attached hydrogen (secondary N) is 2. The van der Waals surface area contributed by atoms with Gasteiger partial charge in [0.05, 0.1) is 37.6 Å². The van der Waals surface area contributed by atoms with Gasteiger partial charge >= 0.3 is 6.03 Å². The van der Waals surface area contributed by atoms with Crippen molar-refractivity contribution in [2.45, 2.75) is 30.2 Å². The van der Waals surface area contributed by atoms with Crippen LogP contribution in [0.2, 0.25) is 0 Å². The second-order valence-corrected chi connectivity index (χ2v) is 13.0. The Hall–Kier alpha value is -3.65. The van der Waals surface area contributed by atoms with Crippen LogP contribution in [0.15, 0.2) is 64.2 Å². The van der Waals surface area contributed by atoms with Gasteiger partial charge in [-0.05, 0) is 54.8 Å². The van der Waals surface area contributed by atoms with Gasteiger partial charge in [0.1, 0.15) is 16.1 Å². The van der Waals surface area contributed by atoms with Crippen LogP contribution in [0, 0.1) is 5.92 Å². The SMILES string of the molecule is COc1ccc(NC(=O)Nc2cccc3c2O[C@@H](CN(C)S(=O)(=O)c2cccs2)[C@@H](C)CN([C@H](C)CO)C3=O)cc1. The number of amides is 3. The molecule has 3 aromatic rings. The normalized spacial score (nSPS) is 18.1. The molecule has 0 radical (unpaired) electrons. The first-order chi connectivity index (χ1) is 19.5. The molecular formula is C28H34N4O7S2. The summed E-state index contributed by atoms with van der Waals surface area (Å²) >= 11 is 1.12. The molecule has 13 heteroatoms. The lowest BCUT2D eigenvalue weighted by molar-refractivity contribution is 0.0389. The number of hydrogen-bond donors (Lipinski definition) is 3. The van der Waals surface area contributed by atoms with Crippen molar-refractivity contribution in [3.05, 3.63) is 65.5 Å². The number of fused-ring (bicyclic) bond motifs is 1. The van der Waals surface area contributed by atoms with Crippen LogP contribution in [-0.2, 0) is 10.0 Å². The molecule has 0 unspecified atom stereocenters. The number of ether oxygens (including phenoxy) is 2. The van der Waals surface area contributed by atoms with Crippen molar-refractivity contribution in [1.82, 2.24) is 9.21 Å². The second-order valence-electron chi connectivity index (χ2n) is 9.83. The van der Waals surface area contributed by atoms with E-state index in [2.05, 4.69) is 10.6 Å². The summed E-state index contributed by atoms with van der Waals surface area (Å²) in [5.74, 6) is 0.0603. The van der Waals surface area contributed by atoms with E-state index in [9.17, 15) is 23.1 Å². The van der Waals surface area contributed by atoms with Crippen LogP contribution in [0.3, 0.4) is 0 Å². The molecule has 0 saturated heterocycles. The van der Waals surface area contributed by atoms with Crippen LogP contribution in [0.1, 0.15) is 24.2 Å². The zero-order chi connectivity index (χ0) is 29.7. The maximum Gasteiger partial charge on any atom is 0.323 e. The Morgan fingerprint density at radius 2 is 1.93 bits per heavy atom. The van der Waals surface area contributed by atoms with Crippen LogP contribution >= 0.6 is 11.3 Å². The fourth-order valence-corrected chi connectivity index (χ4v) is 6.82. The molecule has 220 valence electrons. The molecule has 0 fully saturated rings. The topological polar surface area (TPSA) is 138 Å². The molecule has 0 bridgehead atoms. The summed E-state index contributed by atoms with van der Waals surface area (Å²) in [6.45, 7) is 3.56. The zero-order valence-electron chi connectivity index (χ0n) is 23.2. The minimum absolute atomic E-state index is 0.0112. The molecule has 2 heterocycles. The minimum atomic E-state index is -3.77. The average molecular weight is 603 g/mol. The van der Waals surface area contributed by atoms with Crippen molar-refractivity contribution in [3.8, 4) is 11.5 Å². The largest absolute Gasteiger partial charge is 0.497 e. The van der Waals surface area contributed by atoms with Gasteiger partial charge in [-0.25, -0.2) is 13.2 Å². The van der Waals surface area contributed by atoms with E-state index in [-0.39, 0.29) is 52.7 Å². The van der Waals surface area contributed by atoms with Gasteiger partial charge in [-0.3, -0.25) is 4.79 Å². The highest BCUT2D eigenvalue weighted by atomic mass is 32.2. The number of sulfonamides is 1. The quantitative estimate of drug-likeness (QED) is 0.337. The summed E-state index contributed by atoms with van der Waals surface area (Å²) in [4.78, 5) is 28.1. The van der Waals surface area contributed by atoms with Gasteiger partial charge in [-0.15, -0.1) is 11.3 Å². The molecule has 3 atom stereocenters. The highest BCUT2D eigenvalue weighted by molar-refractivity contribution is 7.91. The van der Waals surface area contributed by atoms with Crippen molar-refractivity contribution in [2.24, 2.45) is 5.92 Å². The first kappa shape index (κ1) is 30.3. The van der Waals surface area contributed by atoms with Crippen LogP contribution < -0.4 is 20.1 Å². The highest BCUT2D eigenvalue weighted by Gasteiger charge is 2.36. The smallest absolute Gasteiger partial charge is 0.323 e. The van der Waals surface area contributed by atoms with E-state index >= 15 is 0 Å². The lowest BCUT2D eigenvalue weighted by Gasteiger charge is -2.38. The number of anilines is 2. The van der Waals surface area contributed by atoms with E-state index in [1.807, 2.05) is 6.92 Å². The van der Waals surface area contributed by atoms with Crippen molar-refractivity contribution in [3.63, 3.8) is 0 Å². The van der Waals surface area contributed by atoms with Gasteiger partial charge in [-0.2, -0.15) is 4.31 Å². The number of carbonyl (C=O) groups is 2. The molecule has 11 nitrogen and oxygen atoms in total. The lowest BCUT2D eigenvalue weighted by atomic mass is 9.99. The number of aliphatic hydroxyl groups is 1. The van der Waals surface area contributed by atoms with E-state index < -0.39 is 28.2 Å². The Bertz CT molecular complexity index is 1460. The zero-order valence-corrected chi connectivity index (χ0v) is 24.9. The molecule has 3 amide bonds. The number of rotatable bonds is 9. The van der Waals surface area contributed by atoms with Crippen molar-refractivity contribution >= 4 is 44.7 Å². The highest BCUT2D eigenvalue weighted by Crippen LogP contribution is 2.35. The third-order valence-electron chi connectivity index (χ3n) is 6.88. The molecule has 0 spiro atoms. The van der Waals surface area contributed by atoms with Crippen LogP contribution in [-0.4, -0.2) is 80.7 Å². The van der Waals surface area contributed by atoms with Crippen LogP contribution in [0.5, 0.6) is 11.5 Å². The lowest BCUT2D eigenvalue weighted by Crippen LogP contribution is -2.50. The predicted octanol–water partition coefficient (Wildman–Crippen LogP) is 3.94. The number of hydrogen-bond acceptors (Lipinski definition) is 8. The molecule has 41 heavy (non-hydrogen) atoms. The summed E-state index contributed by atoms with van der Waals surface area (Å²) in [6, 6.07) is 13.7. The average Bonchev–Trinajstić information content (AvgIpc) is 3.51. The molecule has 0 aliphatic carbocycles. The van der Waals surface area contributed by atoms with Gasteiger partial charge in [0.25, 0.3) is 15.9 Å². The summed E-state index contributed by atoms with van der Waals surface area (Å²) < 4.78 is 39.4. The van der Waals surface area contributed by atoms with E-state index in [1.54, 1.807) is 78.9 Å².